The van der Waals surface area contributed by atoms with Crippen molar-refractivity contribution in [3.8, 4) is 0 Å². The molecular weight excluding hydrogens is 520 g/mol. The van der Waals surface area contributed by atoms with Crippen LogP contribution in [0.15, 0.2) is 35.2 Å². The predicted molar refractivity (Wildman–Crippen MR) is 114 cm³/mol. The molecule has 2 aliphatic heterocycles. The molecular formula is C19H26F3N2O9PS. The standard InChI is InChI=1S/C19H26F3N2O9PS/c1-23(35(29,30)15-5-3-2-4-6-15)14-11-18(31-12-14)7-9-24(10-8-18)17(25)33-16(19(20,21)22)13-32-34(26,27)28/h2-6,14,16H,7-13H2,1H3,(H2,26,27,28). The molecule has 2 heterocycles. The van der Waals surface area contributed by atoms with E-state index in [-0.39, 0.29) is 37.4 Å². The van der Waals surface area contributed by atoms with E-state index in [9.17, 15) is 30.9 Å². The highest BCUT2D eigenvalue weighted by Crippen LogP contribution is 2.40. The Hall–Kier alpha value is -1.74. The third-order valence-electron chi connectivity index (χ3n) is 6.06. The predicted octanol–water partition coefficient (Wildman–Crippen LogP) is 2.11. The van der Waals surface area contributed by atoms with Crippen LogP contribution in [0.4, 0.5) is 18.0 Å². The number of carbonyl (C=O) groups excluding carboxylic acids is 1. The molecule has 198 valence electrons. The first kappa shape index (κ1) is 27.8. The average molecular weight is 546 g/mol. The minimum Gasteiger partial charge on any atom is -0.434 e. The second-order valence-corrected chi connectivity index (χ2v) is 11.6. The van der Waals surface area contributed by atoms with E-state index >= 15 is 0 Å². The van der Waals surface area contributed by atoms with E-state index in [0.717, 1.165) is 4.90 Å². The number of likely N-dealkylation sites (tertiary alicyclic amines) is 1. The fourth-order valence-corrected chi connectivity index (χ4v) is 5.70. The van der Waals surface area contributed by atoms with Crippen molar-refractivity contribution < 1.29 is 54.7 Å². The zero-order valence-corrected chi connectivity index (χ0v) is 20.3. The van der Waals surface area contributed by atoms with Crippen LogP contribution in [-0.2, 0) is 28.6 Å². The number of benzene rings is 1. The number of halogens is 3. The van der Waals surface area contributed by atoms with Crippen molar-refractivity contribution in [3.63, 3.8) is 0 Å². The number of nitrogens with zero attached hydrogens (tertiary/aromatic N) is 2. The minimum absolute atomic E-state index is 0.00930. The average Bonchev–Trinajstić information content (AvgIpc) is 3.18. The molecule has 1 aromatic carbocycles. The molecule has 3 rings (SSSR count). The third-order valence-corrected chi connectivity index (χ3v) is 8.47. The Kier molecular flexibility index (Phi) is 8.21. The molecule has 2 aliphatic rings. The molecule has 0 aliphatic carbocycles. The fourth-order valence-electron chi connectivity index (χ4n) is 4.01. The molecule has 2 unspecified atom stereocenters. The van der Waals surface area contributed by atoms with Gasteiger partial charge in [-0.25, -0.2) is 17.8 Å². The van der Waals surface area contributed by atoms with Gasteiger partial charge in [0.05, 0.1) is 23.1 Å². The Labute approximate surface area is 200 Å². The van der Waals surface area contributed by atoms with Gasteiger partial charge in [-0.3, -0.25) is 4.52 Å². The van der Waals surface area contributed by atoms with Gasteiger partial charge in [0.25, 0.3) is 0 Å². The fraction of sp³-hybridized carbons (Fsp3) is 0.632. The number of hydrogen-bond donors (Lipinski definition) is 2. The zero-order valence-electron chi connectivity index (χ0n) is 18.6. The van der Waals surface area contributed by atoms with Crippen molar-refractivity contribution in [3.05, 3.63) is 30.3 Å². The summed E-state index contributed by atoms with van der Waals surface area (Å²) in [4.78, 5) is 30.7. The summed E-state index contributed by atoms with van der Waals surface area (Å²) in [6.07, 6.45) is -8.43. The molecule has 16 heteroatoms. The van der Waals surface area contributed by atoms with Crippen molar-refractivity contribution in [2.24, 2.45) is 0 Å². The van der Waals surface area contributed by atoms with Gasteiger partial charge in [-0.2, -0.15) is 17.5 Å². The van der Waals surface area contributed by atoms with Crippen LogP contribution in [0.25, 0.3) is 0 Å². The van der Waals surface area contributed by atoms with Crippen LogP contribution in [-0.4, -0.2) is 90.8 Å². The zero-order chi connectivity index (χ0) is 26.1. The number of alkyl halides is 3. The molecule has 2 atom stereocenters. The highest BCUT2D eigenvalue weighted by atomic mass is 32.2. The Morgan fingerprint density at radius 3 is 2.43 bits per heavy atom. The van der Waals surface area contributed by atoms with Gasteiger partial charge in [0.1, 0.15) is 6.61 Å². The number of piperidine rings is 1. The molecule has 35 heavy (non-hydrogen) atoms. The summed E-state index contributed by atoms with van der Waals surface area (Å²) >= 11 is 0. The third kappa shape index (κ3) is 6.94. The number of sulfonamides is 1. The van der Waals surface area contributed by atoms with E-state index < -0.39 is 54.5 Å². The topological polar surface area (TPSA) is 143 Å². The first-order chi connectivity index (χ1) is 16.1. The lowest BCUT2D eigenvalue weighted by molar-refractivity contribution is -0.214. The van der Waals surface area contributed by atoms with E-state index in [1.54, 1.807) is 18.2 Å². The number of carbonyl (C=O) groups is 1. The molecule has 1 amide bonds. The minimum atomic E-state index is -5.20. The number of phosphoric acid groups is 1. The number of ether oxygens (including phenoxy) is 2. The maximum Gasteiger partial charge on any atom is 0.469 e. The smallest absolute Gasteiger partial charge is 0.434 e. The monoisotopic (exact) mass is 546 g/mol. The lowest BCUT2D eigenvalue weighted by Gasteiger charge is -2.38. The molecule has 2 saturated heterocycles. The number of phosphoric ester groups is 1. The molecule has 0 bridgehead atoms. The Bertz CT molecular complexity index is 1040. The second kappa shape index (κ2) is 10.3. The van der Waals surface area contributed by atoms with E-state index in [0.29, 0.717) is 6.42 Å². The molecule has 0 saturated carbocycles. The Morgan fingerprint density at radius 2 is 1.89 bits per heavy atom. The summed E-state index contributed by atoms with van der Waals surface area (Å²) in [5, 5.41) is 0. The van der Waals surface area contributed by atoms with E-state index in [4.69, 9.17) is 14.5 Å². The molecule has 2 N–H and O–H groups in total. The van der Waals surface area contributed by atoms with Gasteiger partial charge >= 0.3 is 20.1 Å². The lowest BCUT2D eigenvalue weighted by Crippen LogP contribution is -2.49. The first-order valence-electron chi connectivity index (χ1n) is 10.5. The van der Waals surface area contributed by atoms with Gasteiger partial charge < -0.3 is 24.2 Å². The van der Waals surface area contributed by atoms with Gasteiger partial charge in [-0.05, 0) is 31.4 Å². The van der Waals surface area contributed by atoms with Gasteiger partial charge in [-0.1, -0.05) is 18.2 Å². The van der Waals surface area contributed by atoms with Crippen molar-refractivity contribution >= 4 is 23.9 Å². The Balaban J connectivity index is 1.57. The molecule has 1 spiro atoms. The van der Waals surface area contributed by atoms with Crippen LogP contribution in [0.1, 0.15) is 19.3 Å². The summed E-state index contributed by atoms with van der Waals surface area (Å²) in [5.74, 6) is 0. The number of amides is 1. The van der Waals surface area contributed by atoms with E-state index in [1.807, 2.05) is 0 Å². The van der Waals surface area contributed by atoms with Crippen molar-refractivity contribution in [1.82, 2.24) is 9.21 Å². The van der Waals surface area contributed by atoms with Crippen LogP contribution in [0, 0.1) is 0 Å². The summed E-state index contributed by atoms with van der Waals surface area (Å²) in [7, 11) is -7.49. The molecule has 2 fully saturated rings. The van der Waals surface area contributed by atoms with Gasteiger partial charge in [-0.15, -0.1) is 0 Å². The molecule has 0 aromatic heterocycles. The number of likely N-dealkylation sites (N-methyl/N-ethyl adjacent to an activating group) is 1. The summed E-state index contributed by atoms with van der Waals surface area (Å²) < 4.78 is 91.2. The van der Waals surface area contributed by atoms with Gasteiger partial charge in [0.15, 0.2) is 0 Å². The van der Waals surface area contributed by atoms with Crippen molar-refractivity contribution in [2.45, 2.75) is 48.1 Å². The molecule has 0 radical (unpaired) electrons. The van der Waals surface area contributed by atoms with Crippen molar-refractivity contribution in [2.75, 3.05) is 33.4 Å². The highest BCUT2D eigenvalue weighted by molar-refractivity contribution is 7.89. The normalized spacial score (nSPS) is 21.9. The highest BCUT2D eigenvalue weighted by Gasteiger charge is 2.48. The van der Waals surface area contributed by atoms with Gasteiger partial charge in [0.2, 0.25) is 16.1 Å². The quantitative estimate of drug-likeness (QED) is 0.492. The van der Waals surface area contributed by atoms with Crippen LogP contribution in [0.5, 0.6) is 0 Å². The first-order valence-corrected chi connectivity index (χ1v) is 13.5. The SMILES string of the molecule is CN(C1COC2(CCN(C(=O)OC(COP(=O)(O)O)C(F)(F)F)CC2)C1)S(=O)(=O)c1ccccc1. The second-order valence-electron chi connectivity index (χ2n) is 8.37. The number of rotatable bonds is 7. The maximum atomic E-state index is 13.1. The van der Waals surface area contributed by atoms with Crippen LogP contribution < -0.4 is 0 Å². The Morgan fingerprint density at radius 1 is 1.29 bits per heavy atom. The summed E-state index contributed by atoms with van der Waals surface area (Å²) in [5.41, 5.74) is -0.741. The summed E-state index contributed by atoms with van der Waals surface area (Å²) in [6, 6.07) is 7.44. The largest absolute Gasteiger partial charge is 0.469 e. The van der Waals surface area contributed by atoms with Crippen LogP contribution in [0.3, 0.4) is 0 Å². The summed E-state index contributed by atoms with van der Waals surface area (Å²) in [6.45, 7) is -1.44. The van der Waals surface area contributed by atoms with E-state index in [2.05, 4.69) is 9.26 Å². The van der Waals surface area contributed by atoms with E-state index in [1.165, 1.54) is 23.5 Å². The van der Waals surface area contributed by atoms with Crippen LogP contribution >= 0.6 is 7.82 Å². The maximum absolute atomic E-state index is 13.1. The van der Waals surface area contributed by atoms with Crippen LogP contribution in [0.2, 0.25) is 0 Å². The molecule has 11 nitrogen and oxygen atoms in total. The number of hydrogen-bond acceptors (Lipinski definition) is 7. The van der Waals surface area contributed by atoms with Crippen molar-refractivity contribution in [1.29, 1.82) is 0 Å². The van der Waals surface area contributed by atoms with Gasteiger partial charge in [0, 0.05) is 20.1 Å². The molecule has 1 aromatic rings. The lowest BCUT2D eigenvalue weighted by atomic mass is 9.87.